The second-order valence-corrected chi connectivity index (χ2v) is 5.83. The van der Waals surface area contributed by atoms with Gasteiger partial charge in [-0.05, 0) is 24.3 Å². The molecule has 0 unspecified atom stereocenters. The topological polar surface area (TPSA) is 93.1 Å². The summed E-state index contributed by atoms with van der Waals surface area (Å²) in [6.07, 6.45) is 1.50. The number of hydrogen-bond acceptors (Lipinski definition) is 4. The highest BCUT2D eigenvalue weighted by atomic mass is 32.2. The molecule has 1 aromatic heterocycles. The third-order valence-electron chi connectivity index (χ3n) is 2.54. The second kappa shape index (κ2) is 5.33. The predicted octanol–water partition coefficient (Wildman–Crippen LogP) is 1.18. The number of sulfonamides is 1. The first-order valence-electron chi connectivity index (χ1n) is 5.77. The Kier molecular flexibility index (Phi) is 3.75. The third-order valence-corrected chi connectivity index (χ3v) is 3.92. The lowest BCUT2D eigenvalue weighted by molar-refractivity contribution is -0.114. The molecular weight excluding hydrogens is 280 g/mol. The molecule has 0 atom stereocenters. The first-order valence-corrected chi connectivity index (χ1v) is 7.25. The first kappa shape index (κ1) is 14.1. The molecule has 20 heavy (non-hydrogen) atoms. The molecule has 7 nitrogen and oxygen atoms in total. The fraction of sp³-hybridized carbons (Fsp3) is 0.167. The summed E-state index contributed by atoms with van der Waals surface area (Å²) in [5.41, 5.74) is 0.539. The van der Waals surface area contributed by atoms with Crippen LogP contribution in [0.25, 0.3) is 0 Å². The lowest BCUT2D eigenvalue weighted by Crippen LogP contribution is -2.15. The van der Waals surface area contributed by atoms with E-state index in [0.29, 0.717) is 11.5 Å². The van der Waals surface area contributed by atoms with Gasteiger partial charge in [-0.2, -0.15) is 5.10 Å². The first-order chi connectivity index (χ1) is 9.38. The summed E-state index contributed by atoms with van der Waals surface area (Å²) in [5.74, 6) is 0.157. The lowest BCUT2D eigenvalue weighted by atomic mass is 10.3. The Morgan fingerprint density at radius 1 is 1.20 bits per heavy atom. The van der Waals surface area contributed by atoms with E-state index in [2.05, 4.69) is 15.1 Å². The van der Waals surface area contributed by atoms with Crippen LogP contribution < -0.4 is 10.0 Å². The van der Waals surface area contributed by atoms with Crippen LogP contribution in [0.3, 0.4) is 0 Å². The molecule has 1 heterocycles. The minimum Gasteiger partial charge on any atom is -0.326 e. The largest absolute Gasteiger partial charge is 0.326 e. The highest BCUT2D eigenvalue weighted by molar-refractivity contribution is 7.92. The van der Waals surface area contributed by atoms with Gasteiger partial charge in [-0.25, -0.2) is 8.42 Å². The quantitative estimate of drug-likeness (QED) is 0.885. The third kappa shape index (κ3) is 3.15. The Bertz CT molecular complexity index is 719. The number of amides is 1. The number of aromatic nitrogens is 2. The highest BCUT2D eigenvalue weighted by Crippen LogP contribution is 2.17. The average Bonchev–Trinajstić information content (AvgIpc) is 2.74. The van der Waals surface area contributed by atoms with Crippen LogP contribution in [-0.4, -0.2) is 24.1 Å². The van der Waals surface area contributed by atoms with E-state index in [4.69, 9.17) is 0 Å². The number of anilines is 2. The van der Waals surface area contributed by atoms with Gasteiger partial charge in [-0.3, -0.25) is 14.2 Å². The van der Waals surface area contributed by atoms with Gasteiger partial charge in [-0.1, -0.05) is 0 Å². The zero-order chi connectivity index (χ0) is 14.8. The molecule has 0 saturated heterocycles. The molecule has 1 aromatic carbocycles. The van der Waals surface area contributed by atoms with E-state index >= 15 is 0 Å². The molecule has 0 aliphatic heterocycles. The number of carbonyl (C=O) groups is 1. The van der Waals surface area contributed by atoms with Crippen LogP contribution in [0.5, 0.6) is 0 Å². The maximum Gasteiger partial charge on any atom is 0.263 e. The van der Waals surface area contributed by atoms with Gasteiger partial charge in [0.15, 0.2) is 0 Å². The van der Waals surface area contributed by atoms with Crippen molar-refractivity contribution < 1.29 is 13.2 Å². The summed E-state index contributed by atoms with van der Waals surface area (Å²) in [7, 11) is -2.04. The Morgan fingerprint density at radius 2 is 1.85 bits per heavy atom. The SMILES string of the molecule is CC(=O)Nc1ccc(S(=O)(=O)Nc2ccnn2C)cc1. The molecule has 1 amide bonds. The summed E-state index contributed by atoms with van der Waals surface area (Å²) in [6, 6.07) is 7.45. The van der Waals surface area contributed by atoms with Crippen LogP contribution in [0.15, 0.2) is 41.4 Å². The number of hydrogen-bond donors (Lipinski definition) is 2. The maximum atomic E-state index is 12.1. The van der Waals surface area contributed by atoms with Crippen molar-refractivity contribution in [3.8, 4) is 0 Å². The van der Waals surface area contributed by atoms with Crippen molar-refractivity contribution in [1.82, 2.24) is 9.78 Å². The molecule has 0 aliphatic rings. The number of nitrogens with zero attached hydrogens (tertiary/aromatic N) is 2. The van der Waals surface area contributed by atoms with Crippen LogP contribution in [-0.2, 0) is 21.9 Å². The summed E-state index contributed by atoms with van der Waals surface area (Å²) < 4.78 is 28.1. The molecular formula is C12H14N4O3S. The molecule has 0 aliphatic carbocycles. The van der Waals surface area contributed by atoms with Gasteiger partial charge in [0.2, 0.25) is 5.91 Å². The summed E-state index contributed by atoms with van der Waals surface area (Å²) in [4.78, 5) is 11.0. The molecule has 0 spiro atoms. The number of nitrogens with one attached hydrogen (secondary N) is 2. The number of carbonyl (C=O) groups excluding carboxylic acids is 1. The van der Waals surface area contributed by atoms with Gasteiger partial charge in [0.05, 0.1) is 11.1 Å². The molecule has 8 heteroatoms. The molecule has 2 aromatic rings. The van der Waals surface area contributed by atoms with Gasteiger partial charge in [0, 0.05) is 25.7 Å². The standard InChI is InChI=1S/C12H14N4O3S/c1-9(17)14-10-3-5-11(6-4-10)20(18,19)15-12-7-8-13-16(12)2/h3-8,15H,1-2H3,(H,14,17). The van der Waals surface area contributed by atoms with Gasteiger partial charge in [-0.15, -0.1) is 0 Å². The van der Waals surface area contributed by atoms with E-state index < -0.39 is 10.0 Å². The van der Waals surface area contributed by atoms with Crippen LogP contribution >= 0.6 is 0 Å². The molecule has 0 radical (unpaired) electrons. The number of benzene rings is 1. The summed E-state index contributed by atoms with van der Waals surface area (Å²) >= 11 is 0. The van der Waals surface area contributed by atoms with Gasteiger partial charge in [0.1, 0.15) is 5.82 Å². The van der Waals surface area contributed by atoms with E-state index in [9.17, 15) is 13.2 Å². The van der Waals surface area contributed by atoms with Crippen molar-refractivity contribution in [3.63, 3.8) is 0 Å². The normalized spacial score (nSPS) is 11.1. The maximum absolute atomic E-state index is 12.1. The van der Waals surface area contributed by atoms with Crippen LogP contribution in [0, 0.1) is 0 Å². The molecule has 2 rings (SSSR count). The van der Waals surface area contributed by atoms with E-state index in [0.717, 1.165) is 0 Å². The average molecular weight is 294 g/mol. The zero-order valence-corrected chi connectivity index (χ0v) is 11.8. The fourth-order valence-corrected chi connectivity index (χ4v) is 2.68. The van der Waals surface area contributed by atoms with E-state index in [1.807, 2.05) is 0 Å². The van der Waals surface area contributed by atoms with Crippen LogP contribution in [0.1, 0.15) is 6.92 Å². The van der Waals surface area contributed by atoms with Crippen LogP contribution in [0.2, 0.25) is 0 Å². The second-order valence-electron chi connectivity index (χ2n) is 4.15. The summed E-state index contributed by atoms with van der Waals surface area (Å²) in [6.45, 7) is 1.38. The Morgan fingerprint density at radius 3 is 2.35 bits per heavy atom. The minimum atomic E-state index is -3.67. The van der Waals surface area contributed by atoms with E-state index in [1.165, 1.54) is 42.1 Å². The molecule has 0 fully saturated rings. The molecule has 0 saturated carbocycles. The van der Waals surface area contributed by atoms with E-state index in [1.54, 1.807) is 13.1 Å². The van der Waals surface area contributed by atoms with Crippen molar-refractivity contribution in [3.05, 3.63) is 36.5 Å². The Labute approximate surface area is 116 Å². The van der Waals surface area contributed by atoms with Crippen LogP contribution in [0.4, 0.5) is 11.5 Å². The minimum absolute atomic E-state index is 0.104. The Hall–Kier alpha value is -2.35. The smallest absolute Gasteiger partial charge is 0.263 e. The molecule has 2 N–H and O–H groups in total. The van der Waals surface area contributed by atoms with Gasteiger partial charge >= 0.3 is 0 Å². The predicted molar refractivity (Wildman–Crippen MR) is 74.8 cm³/mol. The van der Waals surface area contributed by atoms with Crippen molar-refractivity contribution >= 4 is 27.4 Å². The number of rotatable bonds is 4. The Balaban J connectivity index is 2.22. The lowest BCUT2D eigenvalue weighted by Gasteiger charge is -2.09. The molecule has 106 valence electrons. The highest BCUT2D eigenvalue weighted by Gasteiger charge is 2.15. The fourth-order valence-electron chi connectivity index (χ4n) is 1.59. The zero-order valence-electron chi connectivity index (χ0n) is 11.0. The number of aryl methyl sites for hydroxylation is 1. The van der Waals surface area contributed by atoms with Gasteiger partial charge in [0.25, 0.3) is 10.0 Å². The van der Waals surface area contributed by atoms with Crippen molar-refractivity contribution in [2.75, 3.05) is 10.0 Å². The van der Waals surface area contributed by atoms with Gasteiger partial charge < -0.3 is 5.32 Å². The summed E-state index contributed by atoms with van der Waals surface area (Å²) in [5, 5.41) is 6.45. The van der Waals surface area contributed by atoms with E-state index in [-0.39, 0.29) is 10.8 Å². The van der Waals surface area contributed by atoms with Crippen molar-refractivity contribution in [1.29, 1.82) is 0 Å². The van der Waals surface area contributed by atoms with Crippen molar-refractivity contribution in [2.45, 2.75) is 11.8 Å². The molecule has 0 bridgehead atoms. The van der Waals surface area contributed by atoms with Crippen molar-refractivity contribution in [2.24, 2.45) is 7.05 Å². The monoisotopic (exact) mass is 294 g/mol.